The van der Waals surface area contributed by atoms with E-state index in [1.54, 1.807) is 0 Å². The molecule has 0 atom stereocenters. The lowest BCUT2D eigenvalue weighted by atomic mass is 10.1. The molecule has 1 aromatic carbocycles. The number of nitrogen functional groups attached to an aromatic ring is 1. The van der Waals surface area contributed by atoms with Crippen molar-refractivity contribution in [2.24, 2.45) is 0 Å². The second-order valence-electron chi connectivity index (χ2n) is 4.61. The Balaban J connectivity index is 1.89. The van der Waals surface area contributed by atoms with E-state index in [9.17, 15) is 0 Å². The van der Waals surface area contributed by atoms with Crippen LogP contribution in [0.15, 0.2) is 23.1 Å². The van der Waals surface area contributed by atoms with Crippen molar-refractivity contribution in [1.29, 1.82) is 0 Å². The third-order valence-electron chi connectivity index (χ3n) is 3.51. The van der Waals surface area contributed by atoms with Gasteiger partial charge in [-0.2, -0.15) is 0 Å². The van der Waals surface area contributed by atoms with Crippen molar-refractivity contribution >= 4 is 23.1 Å². The van der Waals surface area contributed by atoms with Crippen molar-refractivity contribution in [1.82, 2.24) is 0 Å². The molecule has 0 unspecified atom stereocenters. The number of ether oxygens (including phenoxy) is 1. The summed E-state index contributed by atoms with van der Waals surface area (Å²) < 4.78 is 5.45. The van der Waals surface area contributed by atoms with Crippen molar-refractivity contribution in [2.45, 2.75) is 23.8 Å². The van der Waals surface area contributed by atoms with E-state index < -0.39 is 0 Å². The van der Waals surface area contributed by atoms with Gasteiger partial charge in [0.25, 0.3) is 0 Å². The number of nitrogens with zero attached hydrogens (tertiary/aromatic N) is 1. The molecule has 1 aromatic rings. The summed E-state index contributed by atoms with van der Waals surface area (Å²) in [6, 6.07) is 6.90. The standard InChI is InChI=1S/C13H18N2OS/c14-10-1-2-13-12(9-10)15(5-8-17-13)11-3-6-16-7-4-11/h1-2,9,11H,3-8,14H2. The zero-order valence-corrected chi connectivity index (χ0v) is 10.7. The van der Waals surface area contributed by atoms with Crippen LogP contribution in [0.3, 0.4) is 0 Å². The first-order chi connectivity index (χ1) is 8.34. The van der Waals surface area contributed by atoms with E-state index >= 15 is 0 Å². The van der Waals surface area contributed by atoms with Crippen LogP contribution in [0.2, 0.25) is 0 Å². The smallest absolute Gasteiger partial charge is 0.0527 e. The van der Waals surface area contributed by atoms with E-state index in [-0.39, 0.29) is 0 Å². The summed E-state index contributed by atoms with van der Waals surface area (Å²) in [5.41, 5.74) is 8.10. The molecule has 1 saturated heterocycles. The number of benzene rings is 1. The fraction of sp³-hybridized carbons (Fsp3) is 0.538. The molecule has 17 heavy (non-hydrogen) atoms. The van der Waals surface area contributed by atoms with Crippen LogP contribution in [0.25, 0.3) is 0 Å². The number of fused-ring (bicyclic) bond motifs is 1. The van der Waals surface area contributed by atoms with Crippen LogP contribution in [-0.2, 0) is 4.74 Å². The van der Waals surface area contributed by atoms with Gasteiger partial charge in [-0.3, -0.25) is 0 Å². The van der Waals surface area contributed by atoms with Gasteiger partial charge >= 0.3 is 0 Å². The van der Waals surface area contributed by atoms with Crippen LogP contribution >= 0.6 is 11.8 Å². The van der Waals surface area contributed by atoms with Crippen LogP contribution in [-0.4, -0.2) is 31.6 Å². The quantitative estimate of drug-likeness (QED) is 0.777. The highest BCUT2D eigenvalue weighted by molar-refractivity contribution is 7.99. The molecular weight excluding hydrogens is 232 g/mol. The van der Waals surface area contributed by atoms with Gasteiger partial charge in [0.1, 0.15) is 0 Å². The Morgan fingerprint density at radius 1 is 1.29 bits per heavy atom. The maximum absolute atomic E-state index is 5.91. The first kappa shape index (κ1) is 11.2. The average molecular weight is 250 g/mol. The fourth-order valence-corrected chi connectivity index (χ4v) is 3.63. The summed E-state index contributed by atoms with van der Waals surface area (Å²) in [6.07, 6.45) is 2.28. The Hall–Kier alpha value is -0.870. The summed E-state index contributed by atoms with van der Waals surface area (Å²) >= 11 is 1.94. The van der Waals surface area contributed by atoms with Crippen LogP contribution in [0.1, 0.15) is 12.8 Å². The van der Waals surface area contributed by atoms with Gasteiger partial charge in [0.15, 0.2) is 0 Å². The average Bonchev–Trinajstić information content (AvgIpc) is 2.39. The van der Waals surface area contributed by atoms with Crippen molar-refractivity contribution < 1.29 is 4.74 Å². The molecule has 2 N–H and O–H groups in total. The van der Waals surface area contributed by atoms with Crippen molar-refractivity contribution in [2.75, 3.05) is 36.1 Å². The van der Waals surface area contributed by atoms with Gasteiger partial charge in [-0.15, -0.1) is 11.8 Å². The maximum atomic E-state index is 5.91. The van der Waals surface area contributed by atoms with Gasteiger partial charge in [-0.25, -0.2) is 0 Å². The lowest BCUT2D eigenvalue weighted by Crippen LogP contribution is -2.42. The Labute approximate surface area is 106 Å². The number of rotatable bonds is 1. The molecule has 0 aromatic heterocycles. The summed E-state index contributed by atoms with van der Waals surface area (Å²) in [5, 5.41) is 0. The third-order valence-corrected chi connectivity index (χ3v) is 4.56. The highest BCUT2D eigenvalue weighted by Crippen LogP contribution is 2.38. The Bertz CT molecular complexity index is 404. The molecule has 4 heteroatoms. The normalized spacial score (nSPS) is 21.3. The molecule has 0 radical (unpaired) electrons. The first-order valence-electron chi connectivity index (χ1n) is 6.21. The molecule has 2 aliphatic rings. The minimum absolute atomic E-state index is 0.630. The number of hydrogen-bond donors (Lipinski definition) is 1. The predicted molar refractivity (Wildman–Crippen MR) is 72.8 cm³/mol. The van der Waals surface area contributed by atoms with Crippen LogP contribution in [0.5, 0.6) is 0 Å². The Morgan fingerprint density at radius 3 is 2.94 bits per heavy atom. The molecular formula is C13H18N2OS. The fourth-order valence-electron chi connectivity index (χ4n) is 2.63. The highest BCUT2D eigenvalue weighted by Gasteiger charge is 2.26. The van der Waals surface area contributed by atoms with E-state index in [2.05, 4.69) is 17.0 Å². The second kappa shape index (κ2) is 4.78. The summed E-state index contributed by atoms with van der Waals surface area (Å²) in [7, 11) is 0. The van der Waals surface area contributed by atoms with Crippen LogP contribution in [0, 0.1) is 0 Å². The van der Waals surface area contributed by atoms with E-state index in [1.165, 1.54) is 16.3 Å². The lowest BCUT2D eigenvalue weighted by Gasteiger charge is -2.39. The van der Waals surface area contributed by atoms with Crippen molar-refractivity contribution in [3.05, 3.63) is 18.2 Å². The third kappa shape index (κ3) is 2.24. The maximum Gasteiger partial charge on any atom is 0.0527 e. The van der Waals surface area contributed by atoms with Gasteiger partial charge < -0.3 is 15.4 Å². The predicted octanol–water partition coefficient (Wildman–Crippen LogP) is 2.36. The Morgan fingerprint density at radius 2 is 2.12 bits per heavy atom. The van der Waals surface area contributed by atoms with E-state index in [0.717, 1.165) is 38.3 Å². The number of nitrogens with two attached hydrogens (primary N) is 1. The van der Waals surface area contributed by atoms with Crippen molar-refractivity contribution in [3.8, 4) is 0 Å². The minimum Gasteiger partial charge on any atom is -0.399 e. The lowest BCUT2D eigenvalue weighted by molar-refractivity contribution is 0.0845. The molecule has 0 saturated carbocycles. The van der Waals surface area contributed by atoms with Crippen molar-refractivity contribution in [3.63, 3.8) is 0 Å². The van der Waals surface area contributed by atoms with Gasteiger partial charge in [0.2, 0.25) is 0 Å². The molecule has 2 heterocycles. The van der Waals surface area contributed by atoms with E-state index in [1.807, 2.05) is 17.8 Å². The largest absolute Gasteiger partial charge is 0.399 e. The molecule has 92 valence electrons. The van der Waals surface area contributed by atoms with Gasteiger partial charge in [-0.1, -0.05) is 0 Å². The van der Waals surface area contributed by atoms with Gasteiger partial charge in [0.05, 0.1) is 5.69 Å². The summed E-state index contributed by atoms with van der Waals surface area (Å²) in [6.45, 7) is 2.92. The molecule has 3 nitrogen and oxygen atoms in total. The molecule has 0 bridgehead atoms. The zero-order chi connectivity index (χ0) is 11.7. The molecule has 0 spiro atoms. The molecule has 0 aliphatic carbocycles. The van der Waals surface area contributed by atoms with E-state index in [4.69, 9.17) is 10.5 Å². The second-order valence-corrected chi connectivity index (χ2v) is 5.75. The van der Waals surface area contributed by atoms with Crippen LogP contribution in [0.4, 0.5) is 11.4 Å². The SMILES string of the molecule is Nc1ccc2c(c1)N(C1CCOCC1)CCS2. The highest BCUT2D eigenvalue weighted by atomic mass is 32.2. The molecule has 2 aliphatic heterocycles. The van der Waals surface area contributed by atoms with E-state index in [0.29, 0.717) is 6.04 Å². The van der Waals surface area contributed by atoms with Gasteiger partial charge in [-0.05, 0) is 31.0 Å². The monoisotopic (exact) mass is 250 g/mol. The van der Waals surface area contributed by atoms with Crippen LogP contribution < -0.4 is 10.6 Å². The summed E-state index contributed by atoms with van der Waals surface area (Å²) in [5.74, 6) is 1.17. The number of hydrogen-bond acceptors (Lipinski definition) is 4. The molecule has 3 rings (SSSR count). The molecule has 1 fully saturated rings. The molecule has 0 amide bonds. The van der Waals surface area contributed by atoms with Gasteiger partial charge in [0, 0.05) is 42.1 Å². The zero-order valence-electron chi connectivity index (χ0n) is 9.89. The Kier molecular flexibility index (Phi) is 3.16. The number of anilines is 2. The summed E-state index contributed by atoms with van der Waals surface area (Å²) in [4.78, 5) is 3.90. The topological polar surface area (TPSA) is 38.5 Å². The first-order valence-corrected chi connectivity index (χ1v) is 7.20. The number of thioether (sulfide) groups is 1. The minimum atomic E-state index is 0.630.